The Morgan fingerprint density at radius 1 is 1.12 bits per heavy atom. The molecule has 3 rings (SSSR count). The molecule has 3 aromatic rings. The van der Waals surface area contributed by atoms with Gasteiger partial charge in [-0.15, -0.1) is 0 Å². The van der Waals surface area contributed by atoms with Gasteiger partial charge in [0.25, 0.3) is 0 Å². The van der Waals surface area contributed by atoms with Crippen LogP contribution in [0.25, 0.3) is 11.0 Å². The van der Waals surface area contributed by atoms with Crippen LogP contribution in [0.4, 0.5) is 4.39 Å². The van der Waals surface area contributed by atoms with Crippen molar-refractivity contribution in [2.75, 3.05) is 7.11 Å². The first-order chi connectivity index (χ1) is 12.5. The van der Waals surface area contributed by atoms with Crippen molar-refractivity contribution in [1.29, 1.82) is 0 Å². The molecule has 0 radical (unpaired) electrons. The number of ether oxygens (including phenoxy) is 1. The first kappa shape index (κ1) is 18.1. The fourth-order valence-corrected chi connectivity index (χ4v) is 3.24. The van der Waals surface area contributed by atoms with Gasteiger partial charge >= 0.3 is 5.63 Å². The van der Waals surface area contributed by atoms with Crippen LogP contribution in [0.1, 0.15) is 31.0 Å². The summed E-state index contributed by atoms with van der Waals surface area (Å²) in [6.45, 7) is 4.88. The molecule has 4 nitrogen and oxygen atoms in total. The fourth-order valence-electron chi connectivity index (χ4n) is 3.24. The summed E-state index contributed by atoms with van der Waals surface area (Å²) < 4.78 is 23.7. The quantitative estimate of drug-likeness (QED) is 0.689. The van der Waals surface area contributed by atoms with E-state index in [4.69, 9.17) is 9.15 Å². The summed E-state index contributed by atoms with van der Waals surface area (Å²) in [5, 5.41) is 3.07. The predicted molar refractivity (Wildman–Crippen MR) is 98.6 cm³/mol. The number of fused-ring (bicyclic) bond motifs is 1. The number of benzene rings is 2. The van der Waals surface area contributed by atoms with E-state index in [0.717, 1.165) is 16.5 Å². The molecule has 1 heterocycles. The minimum Gasteiger partial charge on any atom is -0.497 e. The zero-order valence-electron chi connectivity index (χ0n) is 15.2. The van der Waals surface area contributed by atoms with E-state index in [9.17, 15) is 9.18 Å². The third kappa shape index (κ3) is 3.94. The highest BCUT2D eigenvalue weighted by Crippen LogP contribution is 2.23. The molecule has 0 aliphatic heterocycles. The van der Waals surface area contributed by atoms with Crippen molar-refractivity contribution in [1.82, 2.24) is 0 Å². The van der Waals surface area contributed by atoms with Gasteiger partial charge in [-0.25, -0.2) is 9.18 Å². The summed E-state index contributed by atoms with van der Waals surface area (Å²) in [6.07, 6.45) is 0. The average Bonchev–Trinajstić information content (AvgIpc) is 2.62. The van der Waals surface area contributed by atoms with Crippen molar-refractivity contribution in [2.45, 2.75) is 26.4 Å². The molecular formula is C21H23FNO3+. The molecule has 0 spiro atoms. The van der Waals surface area contributed by atoms with E-state index in [1.165, 1.54) is 18.2 Å². The standard InChI is InChI=1S/C21H22FNO3/c1-13(2)21(14-4-6-16(22)7-5-14)23-12-15-10-20(24)26-19-11-17(25-3)8-9-18(15)19/h4-11,13,21,23H,12H2,1-3H3/p+1/t21-/m0/s1. The normalized spacial score (nSPS) is 12.5. The van der Waals surface area contributed by atoms with Gasteiger partial charge in [-0.3, -0.25) is 0 Å². The van der Waals surface area contributed by atoms with Crippen molar-refractivity contribution >= 4 is 11.0 Å². The van der Waals surface area contributed by atoms with Gasteiger partial charge in [0.15, 0.2) is 0 Å². The van der Waals surface area contributed by atoms with Gasteiger partial charge in [0.2, 0.25) is 0 Å². The van der Waals surface area contributed by atoms with Crippen LogP contribution in [0.2, 0.25) is 0 Å². The lowest BCUT2D eigenvalue weighted by molar-refractivity contribution is -0.717. The van der Waals surface area contributed by atoms with Crippen molar-refractivity contribution in [3.63, 3.8) is 0 Å². The van der Waals surface area contributed by atoms with Gasteiger partial charge in [-0.05, 0) is 24.3 Å². The average molecular weight is 356 g/mol. The molecule has 0 saturated heterocycles. The molecule has 0 aliphatic rings. The lowest BCUT2D eigenvalue weighted by atomic mass is 9.95. The van der Waals surface area contributed by atoms with Crippen molar-refractivity contribution < 1.29 is 18.9 Å². The Labute approximate surface area is 151 Å². The number of nitrogens with two attached hydrogens (primary N) is 1. The highest BCUT2D eigenvalue weighted by Gasteiger charge is 2.20. The highest BCUT2D eigenvalue weighted by atomic mass is 19.1. The van der Waals surface area contributed by atoms with Gasteiger partial charge in [-0.1, -0.05) is 26.0 Å². The topological polar surface area (TPSA) is 56.0 Å². The molecule has 0 amide bonds. The predicted octanol–water partition coefficient (Wildman–Crippen LogP) is 3.40. The third-order valence-corrected chi connectivity index (χ3v) is 4.60. The Morgan fingerprint density at radius 3 is 2.50 bits per heavy atom. The zero-order chi connectivity index (χ0) is 18.7. The first-order valence-electron chi connectivity index (χ1n) is 8.67. The summed E-state index contributed by atoms with van der Waals surface area (Å²) in [6, 6.07) is 13.8. The van der Waals surface area contributed by atoms with E-state index in [-0.39, 0.29) is 17.5 Å². The van der Waals surface area contributed by atoms with Gasteiger partial charge < -0.3 is 14.5 Å². The lowest BCUT2D eigenvalue weighted by Gasteiger charge is -2.20. The molecule has 0 saturated carbocycles. The number of hydrogen-bond acceptors (Lipinski definition) is 3. The second kappa shape index (κ2) is 7.70. The molecule has 2 aromatic carbocycles. The van der Waals surface area contributed by atoms with Crippen molar-refractivity contribution in [3.05, 3.63) is 75.9 Å². The second-order valence-corrected chi connectivity index (χ2v) is 6.71. The van der Waals surface area contributed by atoms with E-state index in [0.29, 0.717) is 23.8 Å². The monoisotopic (exact) mass is 356 g/mol. The number of halogens is 1. The Kier molecular flexibility index (Phi) is 5.38. The molecule has 0 bridgehead atoms. The molecule has 0 fully saturated rings. The summed E-state index contributed by atoms with van der Waals surface area (Å²) in [5.41, 5.74) is 2.11. The molecule has 26 heavy (non-hydrogen) atoms. The number of rotatable bonds is 6. The van der Waals surface area contributed by atoms with Gasteiger partial charge in [0.05, 0.1) is 7.11 Å². The first-order valence-corrected chi connectivity index (χ1v) is 8.67. The maximum Gasteiger partial charge on any atom is 0.336 e. The lowest BCUT2D eigenvalue weighted by Crippen LogP contribution is -2.84. The number of methoxy groups -OCH3 is 1. The second-order valence-electron chi connectivity index (χ2n) is 6.71. The maximum absolute atomic E-state index is 13.2. The largest absolute Gasteiger partial charge is 0.497 e. The highest BCUT2D eigenvalue weighted by molar-refractivity contribution is 5.81. The summed E-state index contributed by atoms with van der Waals surface area (Å²) in [7, 11) is 1.58. The van der Waals surface area contributed by atoms with E-state index in [1.54, 1.807) is 13.2 Å². The van der Waals surface area contributed by atoms with Gasteiger partial charge in [-0.2, -0.15) is 0 Å². The van der Waals surface area contributed by atoms with Gasteiger partial charge in [0, 0.05) is 34.6 Å². The molecule has 1 atom stereocenters. The summed E-state index contributed by atoms with van der Waals surface area (Å²) in [4.78, 5) is 11.9. The van der Waals surface area contributed by atoms with Gasteiger partial charge in [0.1, 0.15) is 29.7 Å². The summed E-state index contributed by atoms with van der Waals surface area (Å²) in [5.74, 6) is 0.761. The molecule has 1 aromatic heterocycles. The van der Waals surface area contributed by atoms with Crippen LogP contribution in [-0.2, 0) is 6.54 Å². The van der Waals surface area contributed by atoms with Crippen LogP contribution in [0.5, 0.6) is 5.75 Å². The molecule has 0 aliphatic carbocycles. The smallest absolute Gasteiger partial charge is 0.336 e. The van der Waals surface area contributed by atoms with Crippen molar-refractivity contribution in [2.24, 2.45) is 5.92 Å². The number of quaternary nitrogens is 1. The fraction of sp³-hybridized carbons (Fsp3) is 0.286. The van der Waals surface area contributed by atoms with E-state index >= 15 is 0 Å². The Morgan fingerprint density at radius 2 is 1.85 bits per heavy atom. The van der Waals surface area contributed by atoms with Crippen LogP contribution in [0.3, 0.4) is 0 Å². The minimum atomic E-state index is -0.378. The molecule has 0 unspecified atom stereocenters. The Bertz CT molecular complexity index is 948. The van der Waals surface area contributed by atoms with Crippen molar-refractivity contribution in [3.8, 4) is 5.75 Å². The van der Waals surface area contributed by atoms with Crippen LogP contribution < -0.4 is 15.7 Å². The molecule has 136 valence electrons. The Hall–Kier alpha value is -2.66. The Balaban J connectivity index is 1.89. The zero-order valence-corrected chi connectivity index (χ0v) is 15.2. The molecule has 2 N–H and O–H groups in total. The molecular weight excluding hydrogens is 333 g/mol. The van der Waals surface area contributed by atoms with E-state index < -0.39 is 0 Å². The SMILES string of the molecule is COc1ccc2c(C[NH2+][C@H](c3ccc(F)cc3)C(C)C)cc(=O)oc2c1. The van der Waals surface area contributed by atoms with E-state index in [1.807, 2.05) is 24.3 Å². The summed E-state index contributed by atoms with van der Waals surface area (Å²) >= 11 is 0. The maximum atomic E-state index is 13.2. The van der Waals surface area contributed by atoms with Crippen LogP contribution in [0, 0.1) is 11.7 Å². The van der Waals surface area contributed by atoms with Crippen LogP contribution >= 0.6 is 0 Å². The molecule has 5 heteroatoms. The van der Waals surface area contributed by atoms with Crippen LogP contribution in [0.15, 0.2) is 57.7 Å². The number of hydrogen-bond donors (Lipinski definition) is 1. The minimum absolute atomic E-state index is 0.163. The third-order valence-electron chi connectivity index (χ3n) is 4.60. The van der Waals surface area contributed by atoms with Crippen LogP contribution in [-0.4, -0.2) is 7.11 Å². The van der Waals surface area contributed by atoms with E-state index in [2.05, 4.69) is 19.2 Å².